The maximum Gasteiger partial charge on any atom is 0.326 e. The van der Waals surface area contributed by atoms with Crippen molar-refractivity contribution in [1.29, 1.82) is 0 Å². The van der Waals surface area contributed by atoms with E-state index in [0.717, 1.165) is 12.1 Å². The van der Waals surface area contributed by atoms with E-state index in [1.165, 1.54) is 0 Å². The Labute approximate surface area is 185 Å². The fraction of sp³-hybridized carbons (Fsp3) is 0.190. The first-order valence-electron chi connectivity index (χ1n) is 9.47. The van der Waals surface area contributed by atoms with Crippen LogP contribution in [0.25, 0.3) is 22.3 Å². The number of fused-ring (bicyclic) bond motifs is 1. The summed E-state index contributed by atoms with van der Waals surface area (Å²) in [5.74, 6) is -1.82. The molecule has 0 spiro atoms. The van der Waals surface area contributed by atoms with Gasteiger partial charge in [0.15, 0.2) is 17.2 Å². The summed E-state index contributed by atoms with van der Waals surface area (Å²) < 4.78 is 32.7. The third-order valence-corrected chi connectivity index (χ3v) is 5.08. The van der Waals surface area contributed by atoms with Gasteiger partial charge in [-0.2, -0.15) is 15.1 Å². The van der Waals surface area contributed by atoms with Gasteiger partial charge in [-0.25, -0.2) is 8.78 Å². The van der Waals surface area contributed by atoms with Gasteiger partial charge in [0.05, 0.1) is 29.8 Å². The van der Waals surface area contributed by atoms with Crippen molar-refractivity contribution in [3.63, 3.8) is 0 Å². The highest BCUT2D eigenvalue weighted by Gasteiger charge is 2.27. The van der Waals surface area contributed by atoms with Gasteiger partial charge in [0.1, 0.15) is 11.6 Å². The summed E-state index contributed by atoms with van der Waals surface area (Å²) >= 11 is 6.34. The van der Waals surface area contributed by atoms with Gasteiger partial charge in [0.25, 0.3) is 0 Å². The van der Waals surface area contributed by atoms with Crippen molar-refractivity contribution in [2.45, 2.75) is 12.5 Å². The molecule has 0 saturated heterocycles. The van der Waals surface area contributed by atoms with Crippen LogP contribution in [0, 0.1) is 11.6 Å². The molecule has 4 rings (SSSR count). The molecule has 0 bridgehead atoms. The smallest absolute Gasteiger partial charge is 0.326 e. The number of halogens is 3. The maximum atomic E-state index is 14.1. The summed E-state index contributed by atoms with van der Waals surface area (Å²) in [6.45, 7) is 0.741. The lowest BCUT2D eigenvalue weighted by molar-refractivity contribution is 0.147. The van der Waals surface area contributed by atoms with Crippen LogP contribution in [0.1, 0.15) is 6.92 Å². The van der Waals surface area contributed by atoms with Crippen LogP contribution in [-0.4, -0.2) is 49.1 Å². The topological polar surface area (TPSA) is 116 Å². The van der Waals surface area contributed by atoms with Crippen LogP contribution >= 0.6 is 11.6 Å². The molecule has 2 heterocycles. The molecule has 0 unspecified atom stereocenters. The number of benzene rings is 2. The molecular weight excluding hydrogens is 444 g/mol. The Hall–Kier alpha value is -3.34. The maximum absolute atomic E-state index is 14.1. The van der Waals surface area contributed by atoms with E-state index in [-0.39, 0.29) is 23.2 Å². The van der Waals surface area contributed by atoms with Gasteiger partial charge >= 0.3 is 6.01 Å². The number of H-pyrrole nitrogens is 1. The molecule has 0 amide bonds. The fourth-order valence-corrected chi connectivity index (χ4v) is 3.20. The van der Waals surface area contributed by atoms with Gasteiger partial charge in [-0.3, -0.25) is 5.10 Å². The van der Waals surface area contributed by atoms with Crippen molar-refractivity contribution in [2.75, 3.05) is 18.5 Å². The van der Waals surface area contributed by atoms with Gasteiger partial charge in [0, 0.05) is 16.7 Å². The van der Waals surface area contributed by atoms with Crippen molar-refractivity contribution in [3.05, 3.63) is 59.1 Å². The van der Waals surface area contributed by atoms with E-state index in [2.05, 4.69) is 25.5 Å². The van der Waals surface area contributed by atoms with Crippen molar-refractivity contribution in [2.24, 2.45) is 0 Å². The predicted molar refractivity (Wildman–Crippen MR) is 115 cm³/mol. The van der Waals surface area contributed by atoms with E-state index in [4.69, 9.17) is 16.3 Å². The average molecular weight is 462 g/mol. The molecule has 4 N–H and O–H groups in total. The largest absolute Gasteiger partial charge is 0.421 e. The number of nitrogens with zero attached hydrogens (tertiary/aromatic N) is 3. The molecule has 2 aromatic carbocycles. The molecule has 0 aliphatic heterocycles. The Kier molecular flexibility index (Phi) is 5.92. The number of ether oxygens (including phenoxy) is 1. The molecule has 0 aliphatic carbocycles. The zero-order valence-electron chi connectivity index (χ0n) is 16.7. The minimum absolute atomic E-state index is 0.154. The number of anilines is 1. The summed E-state index contributed by atoms with van der Waals surface area (Å²) in [4.78, 5) is 8.51. The lowest BCUT2D eigenvalue weighted by atomic mass is 10.0. The van der Waals surface area contributed by atoms with Crippen LogP contribution in [0.2, 0.25) is 5.02 Å². The van der Waals surface area contributed by atoms with Crippen molar-refractivity contribution < 1.29 is 23.7 Å². The first-order chi connectivity index (χ1) is 15.3. The lowest BCUT2D eigenvalue weighted by Crippen LogP contribution is -2.42. The molecule has 0 aliphatic rings. The van der Waals surface area contributed by atoms with Gasteiger partial charge in [-0.1, -0.05) is 29.8 Å². The summed E-state index contributed by atoms with van der Waals surface area (Å²) in [5.41, 5.74) is 0.115. The van der Waals surface area contributed by atoms with E-state index in [0.29, 0.717) is 27.7 Å². The Bertz CT molecular complexity index is 1280. The van der Waals surface area contributed by atoms with E-state index in [9.17, 15) is 19.0 Å². The zero-order valence-corrected chi connectivity index (χ0v) is 17.5. The molecule has 2 aromatic heterocycles. The zero-order chi connectivity index (χ0) is 22.9. The second kappa shape index (κ2) is 8.65. The number of aromatic nitrogens is 4. The first kappa shape index (κ1) is 21.9. The molecular formula is C21H18ClF2N5O3. The molecule has 4 aromatic rings. The average Bonchev–Trinajstić information content (AvgIpc) is 3.20. The highest BCUT2D eigenvalue weighted by Crippen LogP contribution is 2.36. The minimum Gasteiger partial charge on any atom is -0.421 e. The fourth-order valence-electron chi connectivity index (χ4n) is 2.97. The summed E-state index contributed by atoms with van der Waals surface area (Å²) in [6.07, 6.45) is 0. The summed E-state index contributed by atoms with van der Waals surface area (Å²) in [6, 6.07) is 9.59. The van der Waals surface area contributed by atoms with Crippen LogP contribution < -0.4 is 10.1 Å². The molecule has 11 heteroatoms. The quantitative estimate of drug-likeness (QED) is 0.330. The number of hydrogen-bond donors (Lipinski definition) is 4. The first-order valence-corrected chi connectivity index (χ1v) is 9.85. The van der Waals surface area contributed by atoms with E-state index in [1.54, 1.807) is 31.2 Å². The van der Waals surface area contributed by atoms with Gasteiger partial charge in [-0.15, -0.1) is 0 Å². The number of nitrogens with one attached hydrogen (secondary N) is 2. The normalized spacial score (nSPS) is 11.7. The van der Waals surface area contributed by atoms with Crippen LogP contribution in [0.4, 0.5) is 14.6 Å². The predicted octanol–water partition coefficient (Wildman–Crippen LogP) is 3.90. The van der Waals surface area contributed by atoms with Crippen LogP contribution in [0.3, 0.4) is 0 Å². The van der Waals surface area contributed by atoms with E-state index < -0.39 is 30.4 Å². The molecule has 166 valence electrons. The molecule has 8 nitrogen and oxygen atoms in total. The SMILES string of the molecule is CC(CO)(CO)Nc1nc(Oc2ccc(F)cc2F)nc2n[nH]c(-c3ccccc3Cl)c12. The highest BCUT2D eigenvalue weighted by molar-refractivity contribution is 6.33. The number of aliphatic hydroxyl groups is 2. The second-order valence-electron chi connectivity index (χ2n) is 7.31. The number of rotatable bonds is 7. The molecule has 0 atom stereocenters. The van der Waals surface area contributed by atoms with E-state index >= 15 is 0 Å². The summed E-state index contributed by atoms with van der Waals surface area (Å²) in [5, 5.41) is 30.4. The Morgan fingerprint density at radius 1 is 1.12 bits per heavy atom. The van der Waals surface area contributed by atoms with Crippen molar-refractivity contribution in [3.8, 4) is 23.0 Å². The second-order valence-corrected chi connectivity index (χ2v) is 7.72. The number of aromatic amines is 1. The van der Waals surface area contributed by atoms with Crippen molar-refractivity contribution in [1.82, 2.24) is 20.2 Å². The van der Waals surface area contributed by atoms with Gasteiger partial charge in [-0.05, 0) is 25.1 Å². The summed E-state index contributed by atoms with van der Waals surface area (Å²) in [7, 11) is 0. The Morgan fingerprint density at radius 2 is 1.88 bits per heavy atom. The van der Waals surface area contributed by atoms with Gasteiger partial charge in [0.2, 0.25) is 0 Å². The van der Waals surface area contributed by atoms with Gasteiger partial charge < -0.3 is 20.3 Å². The van der Waals surface area contributed by atoms with Crippen LogP contribution in [-0.2, 0) is 0 Å². The third-order valence-electron chi connectivity index (χ3n) is 4.75. The monoisotopic (exact) mass is 461 g/mol. The molecule has 0 fully saturated rings. The Morgan fingerprint density at radius 3 is 2.56 bits per heavy atom. The van der Waals surface area contributed by atoms with Crippen molar-refractivity contribution >= 4 is 28.5 Å². The third kappa shape index (κ3) is 4.20. The number of aliphatic hydroxyl groups excluding tert-OH is 2. The van der Waals surface area contributed by atoms with E-state index in [1.807, 2.05) is 0 Å². The van der Waals surface area contributed by atoms with Crippen LogP contribution in [0.5, 0.6) is 11.8 Å². The molecule has 0 radical (unpaired) electrons. The highest BCUT2D eigenvalue weighted by atomic mass is 35.5. The van der Waals surface area contributed by atoms with Crippen LogP contribution in [0.15, 0.2) is 42.5 Å². The Balaban J connectivity index is 1.87. The number of hydrogen-bond acceptors (Lipinski definition) is 7. The molecule has 32 heavy (non-hydrogen) atoms. The molecule has 0 saturated carbocycles. The standard InChI is InChI=1S/C21H18ClF2N5O3/c1-21(9-30,10-31)27-18-16-17(12-4-2-3-5-13(12)22)28-29-19(16)26-20(25-18)32-15-7-6-11(23)8-14(15)24/h2-8,30-31H,9-10H2,1H3,(H2,25,26,27,28,29). The minimum atomic E-state index is -1.16. The lowest BCUT2D eigenvalue weighted by Gasteiger charge is -2.27.